The van der Waals surface area contributed by atoms with Crippen LogP contribution in [-0.2, 0) is 46.4 Å². The van der Waals surface area contributed by atoms with Crippen LogP contribution >= 0.6 is 0 Å². The van der Waals surface area contributed by atoms with Crippen molar-refractivity contribution < 1.29 is 33.6 Å². The molecule has 0 unspecified atom stereocenters. The monoisotopic (exact) mass is 304 g/mol. The number of aryl methyl sites for hydroxylation is 2. The Balaban J connectivity index is 0. The standard InChI is InChI=1S/2C7H9.2Co/c2*1-2-7-5-3-4-6-7;;/h2*3-6H,2H2,1H3;;/q2*-1;2*+2. The average molecular weight is 304 g/mol. The summed E-state index contributed by atoms with van der Waals surface area (Å²) in [5.41, 5.74) is 2.86. The first-order valence-corrected chi connectivity index (χ1v) is 5.28. The number of hydrogen-bond acceptors (Lipinski definition) is 0. The molecule has 0 aliphatic rings. The van der Waals surface area contributed by atoms with E-state index >= 15 is 0 Å². The fourth-order valence-corrected chi connectivity index (χ4v) is 1.30. The topological polar surface area (TPSA) is 0 Å². The fourth-order valence-electron chi connectivity index (χ4n) is 1.30. The zero-order valence-corrected chi connectivity index (χ0v) is 11.8. The molecule has 0 nitrogen and oxygen atoms in total. The molecule has 0 N–H and O–H groups in total. The van der Waals surface area contributed by atoms with E-state index in [9.17, 15) is 0 Å². The molecule has 0 saturated heterocycles. The molecule has 0 aliphatic heterocycles. The maximum atomic E-state index is 2.16. The van der Waals surface area contributed by atoms with E-state index in [-0.39, 0.29) is 33.6 Å². The molecule has 0 spiro atoms. The SMILES string of the molecule is CCc1ccc[cH-]1.CCc1ccc[cH-]1.[Co+2].[Co+2]. The summed E-state index contributed by atoms with van der Waals surface area (Å²) < 4.78 is 0. The van der Waals surface area contributed by atoms with E-state index in [1.807, 2.05) is 0 Å². The van der Waals surface area contributed by atoms with Gasteiger partial charge in [0.1, 0.15) is 0 Å². The van der Waals surface area contributed by atoms with Gasteiger partial charge in [-0.15, -0.1) is 0 Å². The van der Waals surface area contributed by atoms with Crippen LogP contribution in [-0.4, -0.2) is 0 Å². The van der Waals surface area contributed by atoms with Crippen molar-refractivity contribution in [1.82, 2.24) is 0 Å². The summed E-state index contributed by atoms with van der Waals surface area (Å²) in [6.45, 7) is 4.32. The molecule has 2 heteroatoms. The van der Waals surface area contributed by atoms with E-state index in [1.165, 1.54) is 11.1 Å². The second-order valence-corrected chi connectivity index (χ2v) is 3.29. The van der Waals surface area contributed by atoms with Crippen LogP contribution < -0.4 is 0 Å². The van der Waals surface area contributed by atoms with Gasteiger partial charge in [-0.1, -0.05) is 26.7 Å². The second kappa shape index (κ2) is 11.2. The molecular weight excluding hydrogens is 286 g/mol. The first-order valence-electron chi connectivity index (χ1n) is 5.28. The van der Waals surface area contributed by atoms with Crippen LogP contribution in [0.25, 0.3) is 0 Å². The van der Waals surface area contributed by atoms with Gasteiger partial charge in [-0.3, -0.25) is 0 Å². The van der Waals surface area contributed by atoms with Crippen molar-refractivity contribution in [3.63, 3.8) is 0 Å². The van der Waals surface area contributed by atoms with E-state index in [0.717, 1.165) is 12.8 Å². The van der Waals surface area contributed by atoms with Crippen molar-refractivity contribution in [2.45, 2.75) is 26.7 Å². The van der Waals surface area contributed by atoms with Gasteiger partial charge < -0.3 is 0 Å². The van der Waals surface area contributed by atoms with Gasteiger partial charge in [0.2, 0.25) is 0 Å². The Morgan fingerprint density at radius 3 is 1.31 bits per heavy atom. The molecule has 16 heavy (non-hydrogen) atoms. The normalized spacial score (nSPS) is 8.12. The van der Waals surface area contributed by atoms with E-state index < -0.39 is 0 Å². The summed E-state index contributed by atoms with van der Waals surface area (Å²) in [4.78, 5) is 0. The van der Waals surface area contributed by atoms with Gasteiger partial charge >= 0.3 is 33.6 Å². The number of rotatable bonds is 2. The van der Waals surface area contributed by atoms with Crippen LogP contribution in [0, 0.1) is 0 Å². The summed E-state index contributed by atoms with van der Waals surface area (Å²) >= 11 is 0. The molecule has 0 aliphatic carbocycles. The van der Waals surface area contributed by atoms with Crippen molar-refractivity contribution in [2.75, 3.05) is 0 Å². The van der Waals surface area contributed by atoms with Crippen LogP contribution in [0.3, 0.4) is 0 Å². The van der Waals surface area contributed by atoms with Gasteiger partial charge in [0.05, 0.1) is 0 Å². The van der Waals surface area contributed by atoms with Crippen molar-refractivity contribution >= 4 is 0 Å². The Hall–Kier alpha value is -0.287. The minimum atomic E-state index is 0. The summed E-state index contributed by atoms with van der Waals surface area (Å²) in [6.07, 6.45) is 2.32. The molecule has 0 fully saturated rings. The third-order valence-corrected chi connectivity index (χ3v) is 2.28. The van der Waals surface area contributed by atoms with Crippen LogP contribution in [0.1, 0.15) is 25.0 Å². The predicted octanol–water partition coefficient (Wildman–Crippen LogP) is 3.93. The van der Waals surface area contributed by atoms with E-state index in [1.54, 1.807) is 0 Å². The van der Waals surface area contributed by atoms with Crippen molar-refractivity contribution in [2.24, 2.45) is 0 Å². The largest absolute Gasteiger partial charge is 2.00 e. The molecule has 2 rings (SSSR count). The third-order valence-electron chi connectivity index (χ3n) is 2.28. The van der Waals surface area contributed by atoms with Crippen molar-refractivity contribution in [3.05, 3.63) is 59.7 Å². The van der Waals surface area contributed by atoms with Crippen LogP contribution in [0.5, 0.6) is 0 Å². The fraction of sp³-hybridized carbons (Fsp3) is 0.286. The number of hydrogen-bond donors (Lipinski definition) is 0. The molecule has 0 bridgehead atoms. The summed E-state index contributed by atoms with van der Waals surface area (Å²) in [5, 5.41) is 0. The minimum Gasteiger partial charge on any atom is -0.213 e. The Bertz CT molecular complexity index is 272. The van der Waals surface area contributed by atoms with Gasteiger partial charge in [0.15, 0.2) is 0 Å². The molecule has 0 heterocycles. The second-order valence-electron chi connectivity index (χ2n) is 3.29. The summed E-state index contributed by atoms with van der Waals surface area (Å²) in [7, 11) is 0. The van der Waals surface area contributed by atoms with Gasteiger partial charge in [0, 0.05) is 0 Å². The predicted molar refractivity (Wildman–Crippen MR) is 62.8 cm³/mol. The molecule has 0 saturated carbocycles. The third kappa shape index (κ3) is 7.06. The van der Waals surface area contributed by atoms with Gasteiger partial charge in [-0.05, 0) is 0 Å². The zero-order chi connectivity index (χ0) is 10.2. The first-order chi connectivity index (χ1) is 6.86. The van der Waals surface area contributed by atoms with Crippen LogP contribution in [0.2, 0.25) is 0 Å². The molecule has 0 amide bonds. The Morgan fingerprint density at radius 1 is 0.812 bits per heavy atom. The van der Waals surface area contributed by atoms with Crippen molar-refractivity contribution in [1.29, 1.82) is 0 Å². The molecule has 0 atom stereocenters. The van der Waals surface area contributed by atoms with Crippen molar-refractivity contribution in [3.8, 4) is 0 Å². The quantitative estimate of drug-likeness (QED) is 0.738. The molecule has 0 aromatic heterocycles. The van der Waals surface area contributed by atoms with Gasteiger partial charge in [-0.25, -0.2) is 24.3 Å². The van der Waals surface area contributed by atoms with Crippen LogP contribution in [0.4, 0.5) is 0 Å². The van der Waals surface area contributed by atoms with Gasteiger partial charge in [-0.2, -0.15) is 35.4 Å². The smallest absolute Gasteiger partial charge is 0.213 e. The zero-order valence-electron chi connectivity index (χ0n) is 9.70. The van der Waals surface area contributed by atoms with Gasteiger partial charge in [0.25, 0.3) is 0 Å². The molecule has 2 aromatic carbocycles. The summed E-state index contributed by atoms with van der Waals surface area (Å²) in [5.74, 6) is 0. The maximum absolute atomic E-state index is 2.16. The van der Waals surface area contributed by atoms with E-state index in [2.05, 4.69) is 62.4 Å². The molecule has 2 aromatic rings. The summed E-state index contributed by atoms with van der Waals surface area (Å²) in [6, 6.07) is 16.8. The van der Waals surface area contributed by atoms with Crippen LogP contribution in [0.15, 0.2) is 48.5 Å². The molecule has 90 valence electrons. The molecular formula is C14H18Co2+2. The first kappa shape index (κ1) is 18.1. The van der Waals surface area contributed by atoms with E-state index in [0.29, 0.717) is 0 Å². The Morgan fingerprint density at radius 2 is 1.19 bits per heavy atom. The maximum Gasteiger partial charge on any atom is 2.00 e. The molecule has 2 radical (unpaired) electrons. The minimum absolute atomic E-state index is 0. The Kier molecular flexibility index (Phi) is 12.7. The van der Waals surface area contributed by atoms with E-state index in [4.69, 9.17) is 0 Å². The average Bonchev–Trinajstić information content (AvgIpc) is 2.92. The Labute approximate surface area is 120 Å².